The van der Waals surface area contributed by atoms with Gasteiger partial charge in [-0.15, -0.1) is 0 Å². The highest BCUT2D eigenvalue weighted by molar-refractivity contribution is 7.99. The minimum Gasteiger partial charge on any atom is -0.297 e. The van der Waals surface area contributed by atoms with Crippen LogP contribution in [0.2, 0.25) is 0 Å². The first-order valence-corrected chi connectivity index (χ1v) is 7.16. The molecular formula is C13H26N2S. The van der Waals surface area contributed by atoms with Crippen LogP contribution in [0.4, 0.5) is 0 Å². The van der Waals surface area contributed by atoms with Gasteiger partial charge in [0.25, 0.3) is 0 Å². The second-order valence-corrected chi connectivity index (χ2v) is 6.80. The molecule has 0 bridgehead atoms. The number of nitrogens with one attached hydrogen (secondary N) is 1. The first-order valence-electron chi connectivity index (χ1n) is 6.11. The molecule has 0 aliphatic rings. The second-order valence-electron chi connectivity index (χ2n) is 5.31. The molecule has 0 spiro atoms. The van der Waals surface area contributed by atoms with Crippen molar-refractivity contribution in [3.8, 4) is 6.07 Å². The van der Waals surface area contributed by atoms with Crippen molar-refractivity contribution in [2.75, 3.05) is 5.75 Å². The Morgan fingerprint density at radius 1 is 1.25 bits per heavy atom. The highest BCUT2D eigenvalue weighted by Crippen LogP contribution is 2.22. The smallest absolute Gasteiger partial charge is 0.104 e. The predicted octanol–water partition coefficient (Wildman–Crippen LogP) is 3.43. The molecule has 0 aliphatic heterocycles. The Morgan fingerprint density at radius 3 is 2.19 bits per heavy atom. The van der Waals surface area contributed by atoms with Crippen LogP contribution in [0.25, 0.3) is 0 Å². The molecule has 0 saturated carbocycles. The van der Waals surface area contributed by atoms with Gasteiger partial charge in [0, 0.05) is 11.3 Å². The van der Waals surface area contributed by atoms with Crippen molar-refractivity contribution in [3.05, 3.63) is 0 Å². The van der Waals surface area contributed by atoms with E-state index in [0.29, 0.717) is 17.2 Å². The molecule has 16 heavy (non-hydrogen) atoms. The number of nitrogens with zero attached hydrogens (tertiary/aromatic N) is 1. The zero-order valence-electron chi connectivity index (χ0n) is 11.5. The number of thioether (sulfide) groups is 1. The topological polar surface area (TPSA) is 35.8 Å². The van der Waals surface area contributed by atoms with Crippen molar-refractivity contribution in [2.45, 2.75) is 64.8 Å². The van der Waals surface area contributed by atoms with Crippen LogP contribution >= 0.6 is 11.8 Å². The Balaban J connectivity index is 4.02. The lowest BCUT2D eigenvalue weighted by Crippen LogP contribution is -2.45. The lowest BCUT2D eigenvalue weighted by molar-refractivity contribution is 0.397. The third-order valence-electron chi connectivity index (χ3n) is 2.78. The molecular weight excluding hydrogens is 216 g/mol. The molecule has 0 amide bonds. The molecule has 2 nitrogen and oxygen atoms in total. The van der Waals surface area contributed by atoms with Gasteiger partial charge in [-0.3, -0.25) is 5.32 Å². The molecule has 0 radical (unpaired) electrons. The second kappa shape index (κ2) is 7.19. The standard InChI is InChI=1S/C13H26N2S/c1-10(2)12(5)16-8-7-13(6,9-14)15-11(3)4/h10-12,15H,7-8H2,1-6H3. The molecule has 0 saturated heterocycles. The first-order chi connectivity index (χ1) is 7.30. The molecule has 0 fully saturated rings. The Bertz CT molecular complexity index is 233. The maximum absolute atomic E-state index is 9.19. The van der Waals surface area contributed by atoms with E-state index in [-0.39, 0.29) is 5.54 Å². The predicted molar refractivity (Wildman–Crippen MR) is 73.7 cm³/mol. The summed E-state index contributed by atoms with van der Waals surface area (Å²) < 4.78 is 0. The monoisotopic (exact) mass is 242 g/mol. The van der Waals surface area contributed by atoms with Crippen LogP contribution in [0, 0.1) is 17.2 Å². The van der Waals surface area contributed by atoms with Crippen molar-refractivity contribution in [1.82, 2.24) is 5.32 Å². The van der Waals surface area contributed by atoms with Crippen LogP contribution in [0.3, 0.4) is 0 Å². The summed E-state index contributed by atoms with van der Waals surface area (Å²) in [6.07, 6.45) is 0.906. The highest BCUT2D eigenvalue weighted by atomic mass is 32.2. The summed E-state index contributed by atoms with van der Waals surface area (Å²) in [5, 5.41) is 13.2. The molecule has 1 N–H and O–H groups in total. The van der Waals surface area contributed by atoms with E-state index < -0.39 is 0 Å². The van der Waals surface area contributed by atoms with E-state index in [1.807, 2.05) is 18.7 Å². The maximum atomic E-state index is 9.19. The van der Waals surface area contributed by atoms with Gasteiger partial charge in [-0.1, -0.05) is 20.8 Å². The van der Waals surface area contributed by atoms with E-state index in [0.717, 1.165) is 12.2 Å². The lowest BCUT2D eigenvalue weighted by Gasteiger charge is -2.26. The van der Waals surface area contributed by atoms with E-state index in [1.54, 1.807) is 0 Å². The van der Waals surface area contributed by atoms with E-state index in [4.69, 9.17) is 0 Å². The van der Waals surface area contributed by atoms with E-state index >= 15 is 0 Å². The SMILES string of the molecule is CC(C)NC(C)(C#N)CCSC(C)C(C)C. The van der Waals surface area contributed by atoms with Crippen LogP contribution in [0.1, 0.15) is 48.0 Å². The number of hydrogen-bond donors (Lipinski definition) is 1. The fraction of sp³-hybridized carbons (Fsp3) is 0.923. The molecule has 3 heteroatoms. The zero-order chi connectivity index (χ0) is 12.8. The summed E-state index contributed by atoms with van der Waals surface area (Å²) in [7, 11) is 0. The van der Waals surface area contributed by atoms with E-state index in [2.05, 4.69) is 46.0 Å². The molecule has 0 aromatic rings. The van der Waals surface area contributed by atoms with E-state index in [9.17, 15) is 5.26 Å². The van der Waals surface area contributed by atoms with Crippen molar-refractivity contribution in [1.29, 1.82) is 5.26 Å². The molecule has 2 atom stereocenters. The minimum absolute atomic E-state index is 0.358. The first kappa shape index (κ1) is 15.8. The molecule has 0 aromatic heterocycles. The number of hydrogen-bond acceptors (Lipinski definition) is 3. The Morgan fingerprint density at radius 2 is 1.81 bits per heavy atom. The van der Waals surface area contributed by atoms with Gasteiger partial charge < -0.3 is 0 Å². The summed E-state index contributed by atoms with van der Waals surface area (Å²) >= 11 is 1.96. The van der Waals surface area contributed by atoms with Crippen LogP contribution in [0.5, 0.6) is 0 Å². The molecule has 0 rings (SSSR count). The molecule has 0 aromatic carbocycles. The average molecular weight is 242 g/mol. The molecule has 2 unspecified atom stereocenters. The summed E-state index contributed by atoms with van der Waals surface area (Å²) in [6.45, 7) is 12.9. The Labute approximate surface area is 105 Å². The number of rotatable bonds is 7. The Hall–Kier alpha value is -0.200. The molecule has 0 heterocycles. The van der Waals surface area contributed by atoms with E-state index in [1.165, 1.54) is 0 Å². The van der Waals surface area contributed by atoms with Gasteiger partial charge in [-0.25, -0.2) is 0 Å². The fourth-order valence-corrected chi connectivity index (χ4v) is 2.72. The van der Waals surface area contributed by atoms with Gasteiger partial charge in [0.1, 0.15) is 5.54 Å². The van der Waals surface area contributed by atoms with Crippen LogP contribution in [-0.4, -0.2) is 22.6 Å². The summed E-state index contributed by atoms with van der Waals surface area (Å²) in [6, 6.07) is 2.75. The van der Waals surface area contributed by atoms with Gasteiger partial charge >= 0.3 is 0 Å². The van der Waals surface area contributed by atoms with Crippen molar-refractivity contribution >= 4 is 11.8 Å². The Kier molecular flexibility index (Phi) is 7.10. The van der Waals surface area contributed by atoms with Gasteiger partial charge in [0.05, 0.1) is 6.07 Å². The normalized spacial score (nSPS) is 17.2. The van der Waals surface area contributed by atoms with Crippen molar-refractivity contribution in [2.24, 2.45) is 5.92 Å². The fourth-order valence-electron chi connectivity index (χ4n) is 1.44. The van der Waals surface area contributed by atoms with Crippen LogP contribution in [-0.2, 0) is 0 Å². The average Bonchev–Trinajstić information content (AvgIpc) is 2.16. The summed E-state index contributed by atoms with van der Waals surface area (Å²) in [4.78, 5) is 0. The number of nitriles is 1. The van der Waals surface area contributed by atoms with Crippen LogP contribution in [0.15, 0.2) is 0 Å². The lowest BCUT2D eigenvalue weighted by atomic mass is 10.0. The van der Waals surface area contributed by atoms with Gasteiger partial charge in [0.15, 0.2) is 0 Å². The van der Waals surface area contributed by atoms with Gasteiger partial charge in [-0.2, -0.15) is 17.0 Å². The van der Waals surface area contributed by atoms with Crippen molar-refractivity contribution < 1.29 is 0 Å². The third kappa shape index (κ3) is 6.40. The maximum Gasteiger partial charge on any atom is 0.104 e. The van der Waals surface area contributed by atoms with Gasteiger partial charge in [0.2, 0.25) is 0 Å². The molecule has 0 aliphatic carbocycles. The molecule has 94 valence electrons. The van der Waals surface area contributed by atoms with Crippen molar-refractivity contribution in [3.63, 3.8) is 0 Å². The van der Waals surface area contributed by atoms with Gasteiger partial charge in [-0.05, 0) is 38.9 Å². The minimum atomic E-state index is -0.377. The zero-order valence-corrected chi connectivity index (χ0v) is 12.3. The summed E-state index contributed by atoms with van der Waals surface area (Å²) in [5.41, 5.74) is -0.377. The largest absolute Gasteiger partial charge is 0.297 e. The highest BCUT2D eigenvalue weighted by Gasteiger charge is 2.24. The summed E-state index contributed by atoms with van der Waals surface area (Å²) in [5.74, 6) is 1.75. The van der Waals surface area contributed by atoms with Crippen LogP contribution < -0.4 is 5.32 Å². The third-order valence-corrected chi connectivity index (χ3v) is 4.29. The quantitative estimate of drug-likeness (QED) is 0.743.